The van der Waals surface area contributed by atoms with Crippen molar-refractivity contribution >= 4 is 21.6 Å². The molecule has 5 nitrogen and oxygen atoms in total. The Kier molecular flexibility index (Phi) is 3.89. The summed E-state index contributed by atoms with van der Waals surface area (Å²) in [4.78, 5) is 29.6. The number of thiophene rings is 1. The van der Waals surface area contributed by atoms with Gasteiger partial charge < -0.3 is 0 Å². The van der Waals surface area contributed by atoms with Crippen LogP contribution in [0.4, 0.5) is 0 Å². The lowest BCUT2D eigenvalue weighted by Gasteiger charge is -2.06. The zero-order valence-corrected chi connectivity index (χ0v) is 13.7. The van der Waals surface area contributed by atoms with E-state index in [0.29, 0.717) is 15.8 Å². The van der Waals surface area contributed by atoms with E-state index in [1.54, 1.807) is 24.3 Å². The fraction of sp³-hybridized carbons (Fsp3) is 0.235. The van der Waals surface area contributed by atoms with Gasteiger partial charge in [0.05, 0.1) is 23.6 Å². The van der Waals surface area contributed by atoms with Gasteiger partial charge in [-0.25, -0.2) is 4.79 Å². The highest BCUT2D eigenvalue weighted by molar-refractivity contribution is 7.18. The van der Waals surface area contributed by atoms with Crippen LogP contribution in [0, 0.1) is 18.3 Å². The van der Waals surface area contributed by atoms with Gasteiger partial charge in [-0.1, -0.05) is 19.1 Å². The lowest BCUT2D eigenvalue weighted by Crippen LogP contribution is -2.35. The van der Waals surface area contributed by atoms with Crippen LogP contribution in [0.3, 0.4) is 0 Å². The predicted molar refractivity (Wildman–Crippen MR) is 91.1 cm³/mol. The number of hydrogen-bond acceptors (Lipinski definition) is 4. The summed E-state index contributed by atoms with van der Waals surface area (Å²) in [6.45, 7) is 4.11. The molecule has 116 valence electrons. The summed E-state index contributed by atoms with van der Waals surface area (Å²) in [6.07, 6.45) is 0.747. The minimum atomic E-state index is -0.422. The fourth-order valence-electron chi connectivity index (χ4n) is 2.78. The SMILES string of the molecule is CCc1c(C)sc2[nH]c(=O)n(Cc3cccc(C#N)c3)c(=O)c12. The molecule has 0 fully saturated rings. The molecule has 3 rings (SSSR count). The van der Waals surface area contributed by atoms with Crippen molar-refractivity contribution in [3.8, 4) is 6.07 Å². The summed E-state index contributed by atoms with van der Waals surface area (Å²) in [5, 5.41) is 9.57. The van der Waals surface area contributed by atoms with E-state index in [2.05, 4.69) is 11.1 Å². The van der Waals surface area contributed by atoms with E-state index < -0.39 is 5.69 Å². The Morgan fingerprint density at radius 3 is 2.83 bits per heavy atom. The lowest BCUT2D eigenvalue weighted by atomic mass is 10.1. The Labute approximate surface area is 136 Å². The zero-order valence-electron chi connectivity index (χ0n) is 12.8. The van der Waals surface area contributed by atoms with Crippen molar-refractivity contribution in [1.82, 2.24) is 9.55 Å². The van der Waals surface area contributed by atoms with Gasteiger partial charge in [0.1, 0.15) is 4.83 Å². The molecule has 0 atom stereocenters. The van der Waals surface area contributed by atoms with E-state index in [1.807, 2.05) is 13.8 Å². The van der Waals surface area contributed by atoms with Gasteiger partial charge in [0.2, 0.25) is 0 Å². The van der Waals surface area contributed by atoms with Crippen LogP contribution in [0.25, 0.3) is 10.2 Å². The van der Waals surface area contributed by atoms with Crippen molar-refractivity contribution in [2.45, 2.75) is 26.8 Å². The third kappa shape index (κ3) is 2.60. The molecule has 23 heavy (non-hydrogen) atoms. The normalized spacial score (nSPS) is 10.8. The number of nitrogens with zero attached hydrogens (tertiary/aromatic N) is 2. The Morgan fingerprint density at radius 2 is 2.13 bits per heavy atom. The molecule has 2 aromatic heterocycles. The average Bonchev–Trinajstić information content (AvgIpc) is 2.86. The average molecular weight is 325 g/mol. The molecule has 3 aromatic rings. The quantitative estimate of drug-likeness (QED) is 0.804. The van der Waals surface area contributed by atoms with Crippen molar-refractivity contribution in [3.05, 3.63) is 66.7 Å². The minimum absolute atomic E-state index is 0.150. The molecular weight excluding hydrogens is 310 g/mol. The number of nitriles is 1. The van der Waals surface area contributed by atoms with Gasteiger partial charge in [0.15, 0.2) is 0 Å². The summed E-state index contributed by atoms with van der Waals surface area (Å²) in [7, 11) is 0. The maximum atomic E-state index is 12.8. The second kappa shape index (κ2) is 5.86. The number of H-pyrrole nitrogens is 1. The topological polar surface area (TPSA) is 78.7 Å². The number of aryl methyl sites for hydroxylation is 2. The van der Waals surface area contributed by atoms with Gasteiger partial charge in [-0.2, -0.15) is 5.26 Å². The Hall–Kier alpha value is -2.65. The first kappa shape index (κ1) is 15.3. The molecule has 0 saturated carbocycles. The van der Waals surface area contributed by atoms with Crippen molar-refractivity contribution in [1.29, 1.82) is 5.26 Å². The molecule has 1 aromatic carbocycles. The molecular formula is C17H15N3O2S. The van der Waals surface area contributed by atoms with Gasteiger partial charge in [0, 0.05) is 4.88 Å². The van der Waals surface area contributed by atoms with E-state index in [0.717, 1.165) is 22.4 Å². The first-order valence-electron chi connectivity index (χ1n) is 7.29. The highest BCUT2D eigenvalue weighted by Crippen LogP contribution is 2.26. The second-order valence-corrected chi connectivity index (χ2v) is 6.55. The van der Waals surface area contributed by atoms with Crippen LogP contribution in [0.5, 0.6) is 0 Å². The summed E-state index contributed by atoms with van der Waals surface area (Å²) >= 11 is 1.44. The monoisotopic (exact) mass is 325 g/mol. The van der Waals surface area contributed by atoms with Gasteiger partial charge >= 0.3 is 5.69 Å². The van der Waals surface area contributed by atoms with Crippen LogP contribution in [0.1, 0.15) is 28.5 Å². The number of fused-ring (bicyclic) bond motifs is 1. The molecule has 0 aliphatic rings. The van der Waals surface area contributed by atoms with Crippen molar-refractivity contribution in [3.63, 3.8) is 0 Å². The van der Waals surface area contributed by atoms with E-state index in [4.69, 9.17) is 5.26 Å². The highest BCUT2D eigenvalue weighted by atomic mass is 32.1. The number of nitrogens with one attached hydrogen (secondary N) is 1. The molecule has 2 heterocycles. The third-order valence-corrected chi connectivity index (χ3v) is 4.95. The van der Waals surface area contributed by atoms with Crippen LogP contribution >= 0.6 is 11.3 Å². The van der Waals surface area contributed by atoms with E-state index in [9.17, 15) is 9.59 Å². The lowest BCUT2D eigenvalue weighted by molar-refractivity contribution is 0.712. The number of benzene rings is 1. The summed E-state index contributed by atoms with van der Waals surface area (Å²) in [6, 6.07) is 8.99. The number of hydrogen-bond donors (Lipinski definition) is 1. The smallest absolute Gasteiger partial charge is 0.298 e. The van der Waals surface area contributed by atoms with E-state index in [1.165, 1.54) is 15.9 Å². The molecule has 0 radical (unpaired) electrons. The van der Waals surface area contributed by atoms with E-state index >= 15 is 0 Å². The van der Waals surface area contributed by atoms with Gasteiger partial charge in [-0.15, -0.1) is 11.3 Å². The Balaban J connectivity index is 2.20. The van der Waals surface area contributed by atoms with Crippen molar-refractivity contribution in [2.75, 3.05) is 0 Å². The molecule has 6 heteroatoms. The van der Waals surface area contributed by atoms with Crippen LogP contribution < -0.4 is 11.2 Å². The maximum Gasteiger partial charge on any atom is 0.329 e. The van der Waals surface area contributed by atoms with Crippen LogP contribution in [0.15, 0.2) is 33.9 Å². The summed E-state index contributed by atoms with van der Waals surface area (Å²) in [5.41, 5.74) is 1.56. The fourth-order valence-corrected chi connectivity index (χ4v) is 3.90. The number of aromatic nitrogens is 2. The predicted octanol–water partition coefficient (Wildman–Crippen LogP) is 2.54. The zero-order chi connectivity index (χ0) is 16.6. The largest absolute Gasteiger partial charge is 0.329 e. The molecule has 0 amide bonds. The Bertz CT molecular complexity index is 1050. The van der Waals surface area contributed by atoms with Crippen LogP contribution in [-0.4, -0.2) is 9.55 Å². The molecule has 0 spiro atoms. The van der Waals surface area contributed by atoms with Crippen molar-refractivity contribution < 1.29 is 0 Å². The molecule has 0 unspecified atom stereocenters. The van der Waals surface area contributed by atoms with Gasteiger partial charge in [-0.05, 0) is 36.6 Å². The molecule has 0 saturated heterocycles. The Morgan fingerprint density at radius 1 is 1.35 bits per heavy atom. The standard InChI is InChI=1S/C17H15N3O2S/c1-3-13-10(2)23-15-14(13)16(21)20(17(22)19-15)9-12-6-4-5-11(7-12)8-18/h4-7H,3,9H2,1-2H3,(H,19,22). The minimum Gasteiger partial charge on any atom is -0.298 e. The van der Waals surface area contributed by atoms with Gasteiger partial charge in [0.25, 0.3) is 5.56 Å². The molecule has 0 bridgehead atoms. The molecule has 0 aliphatic carbocycles. The molecule has 0 aliphatic heterocycles. The first-order valence-corrected chi connectivity index (χ1v) is 8.11. The van der Waals surface area contributed by atoms with Crippen LogP contribution in [0.2, 0.25) is 0 Å². The number of rotatable bonds is 3. The maximum absolute atomic E-state index is 12.8. The van der Waals surface area contributed by atoms with Crippen molar-refractivity contribution in [2.24, 2.45) is 0 Å². The summed E-state index contributed by atoms with van der Waals surface area (Å²) in [5.74, 6) is 0. The van der Waals surface area contributed by atoms with Gasteiger partial charge in [-0.3, -0.25) is 14.3 Å². The molecule has 1 N–H and O–H groups in total. The summed E-state index contributed by atoms with van der Waals surface area (Å²) < 4.78 is 1.20. The van der Waals surface area contributed by atoms with E-state index in [-0.39, 0.29) is 12.1 Å². The highest BCUT2D eigenvalue weighted by Gasteiger charge is 2.15. The third-order valence-electron chi connectivity index (χ3n) is 3.88. The number of aromatic amines is 1. The van der Waals surface area contributed by atoms with Crippen LogP contribution in [-0.2, 0) is 13.0 Å². The second-order valence-electron chi connectivity index (χ2n) is 5.33. The first-order chi connectivity index (χ1) is 11.0.